The Morgan fingerprint density at radius 1 is 0.722 bits per heavy atom. The predicted molar refractivity (Wildman–Crippen MR) is 81.8 cm³/mol. The molecule has 1 aromatic carbocycles. The highest BCUT2D eigenvalue weighted by molar-refractivity contribution is 5.63. The smallest absolute Gasteiger partial charge is 0.0346 e. The summed E-state index contributed by atoms with van der Waals surface area (Å²) in [6.07, 6.45) is 3.78. The molecule has 0 saturated heterocycles. The van der Waals surface area contributed by atoms with E-state index in [9.17, 15) is 0 Å². The van der Waals surface area contributed by atoms with Crippen LogP contribution in [0.25, 0.3) is 11.1 Å². The van der Waals surface area contributed by atoms with Crippen molar-refractivity contribution in [3.05, 3.63) is 53.9 Å². The topological polar surface area (TPSA) is 12.9 Å². The Bertz CT molecular complexity index is 403. The maximum Gasteiger partial charge on any atom is 0.0346 e. The van der Waals surface area contributed by atoms with Crippen molar-refractivity contribution in [2.75, 3.05) is 0 Å². The number of aryl methyl sites for hydroxylation is 2. The molecule has 0 spiro atoms. The lowest BCUT2D eigenvalue weighted by Crippen LogP contribution is -1.82. The molecule has 0 bridgehead atoms. The van der Waals surface area contributed by atoms with Crippen molar-refractivity contribution in [3.8, 4) is 11.1 Å². The summed E-state index contributed by atoms with van der Waals surface area (Å²) in [5, 5.41) is 0. The van der Waals surface area contributed by atoms with E-state index < -0.39 is 0 Å². The molecule has 1 aromatic heterocycles. The third kappa shape index (κ3) is 5.13. The van der Waals surface area contributed by atoms with Crippen LogP contribution in [-0.2, 0) is 0 Å². The molecule has 18 heavy (non-hydrogen) atoms. The Hall–Kier alpha value is -1.63. The molecular formula is C17H25N. The molecule has 0 N–H and O–H groups in total. The molecule has 0 aliphatic rings. The van der Waals surface area contributed by atoms with E-state index in [-0.39, 0.29) is 0 Å². The fourth-order valence-corrected chi connectivity index (χ4v) is 1.54. The molecule has 1 heterocycles. The molecule has 1 heteroatoms. The molecule has 0 aliphatic carbocycles. The van der Waals surface area contributed by atoms with Gasteiger partial charge in [-0.3, -0.25) is 4.98 Å². The fourth-order valence-electron chi connectivity index (χ4n) is 1.54. The van der Waals surface area contributed by atoms with Crippen molar-refractivity contribution < 1.29 is 0 Å². The first-order chi connectivity index (χ1) is 8.75. The number of hydrogen-bond donors (Lipinski definition) is 0. The van der Waals surface area contributed by atoms with Crippen molar-refractivity contribution >= 4 is 0 Å². The summed E-state index contributed by atoms with van der Waals surface area (Å²) >= 11 is 0. The van der Waals surface area contributed by atoms with E-state index in [4.69, 9.17) is 0 Å². The summed E-state index contributed by atoms with van der Waals surface area (Å²) in [7, 11) is 0. The number of hydrogen-bond acceptors (Lipinski definition) is 1. The molecular weight excluding hydrogens is 218 g/mol. The maximum atomic E-state index is 4.19. The quantitative estimate of drug-likeness (QED) is 0.652. The first kappa shape index (κ1) is 16.4. The number of rotatable bonds is 1. The third-order valence-corrected chi connectivity index (χ3v) is 2.23. The summed E-state index contributed by atoms with van der Waals surface area (Å²) in [5.74, 6) is 0. The van der Waals surface area contributed by atoms with Crippen molar-refractivity contribution in [2.24, 2.45) is 0 Å². The van der Waals surface area contributed by atoms with Crippen LogP contribution >= 0.6 is 0 Å². The minimum Gasteiger partial charge on any atom is -0.264 e. The van der Waals surface area contributed by atoms with Gasteiger partial charge in [0.2, 0.25) is 0 Å². The van der Waals surface area contributed by atoms with Crippen molar-refractivity contribution in [3.63, 3.8) is 0 Å². The fraction of sp³-hybridized carbons (Fsp3) is 0.353. The van der Waals surface area contributed by atoms with Gasteiger partial charge in [0.1, 0.15) is 0 Å². The van der Waals surface area contributed by atoms with E-state index in [1.807, 2.05) is 40.1 Å². The lowest BCUT2D eigenvalue weighted by atomic mass is 10.0. The Morgan fingerprint density at radius 2 is 1.33 bits per heavy atom. The summed E-state index contributed by atoms with van der Waals surface area (Å²) < 4.78 is 0. The van der Waals surface area contributed by atoms with Crippen LogP contribution in [0.15, 0.2) is 42.7 Å². The molecule has 0 atom stereocenters. The molecule has 0 amide bonds. The molecule has 0 fully saturated rings. The predicted octanol–water partition coefficient (Wildman–Crippen LogP) is 5.42. The number of benzene rings is 1. The van der Waals surface area contributed by atoms with Gasteiger partial charge in [0.05, 0.1) is 0 Å². The second kappa shape index (κ2) is 9.41. The van der Waals surface area contributed by atoms with Crippen LogP contribution in [0.3, 0.4) is 0 Å². The largest absolute Gasteiger partial charge is 0.264 e. The molecule has 0 saturated carbocycles. The number of aromatic nitrogens is 1. The van der Waals surface area contributed by atoms with Crippen LogP contribution in [0.4, 0.5) is 0 Å². The molecule has 0 aliphatic heterocycles. The third-order valence-electron chi connectivity index (χ3n) is 2.23. The van der Waals surface area contributed by atoms with Gasteiger partial charge in [0, 0.05) is 18.0 Å². The Kier molecular flexibility index (Phi) is 8.55. The Balaban J connectivity index is 0.000000659. The standard InChI is InChI=1S/C13H13N.2C2H6/c1-10-4-3-5-12(6-10)13-7-11(2)8-14-9-13;2*1-2/h3-9H,1-2H3;2*1-2H3. The van der Waals surface area contributed by atoms with Crippen LogP contribution in [0.2, 0.25) is 0 Å². The lowest BCUT2D eigenvalue weighted by molar-refractivity contribution is 1.27. The average molecular weight is 243 g/mol. The number of nitrogens with zero attached hydrogens (tertiary/aromatic N) is 1. The molecule has 0 radical (unpaired) electrons. The van der Waals surface area contributed by atoms with Gasteiger partial charge in [-0.2, -0.15) is 0 Å². The zero-order valence-corrected chi connectivity index (χ0v) is 12.5. The van der Waals surface area contributed by atoms with Crippen LogP contribution in [-0.4, -0.2) is 4.98 Å². The lowest BCUT2D eigenvalue weighted by Gasteiger charge is -2.02. The molecule has 2 rings (SSSR count). The Morgan fingerprint density at radius 3 is 1.89 bits per heavy atom. The zero-order chi connectivity index (χ0) is 14.0. The summed E-state index contributed by atoms with van der Waals surface area (Å²) in [4.78, 5) is 4.19. The highest BCUT2D eigenvalue weighted by Gasteiger charge is 1.97. The van der Waals surface area contributed by atoms with Gasteiger partial charge in [-0.1, -0.05) is 57.5 Å². The van der Waals surface area contributed by atoms with Crippen LogP contribution in [0.5, 0.6) is 0 Å². The summed E-state index contributed by atoms with van der Waals surface area (Å²) in [5.41, 5.74) is 4.91. The minimum absolute atomic E-state index is 1.19. The van der Waals surface area contributed by atoms with E-state index >= 15 is 0 Å². The molecule has 1 nitrogen and oxygen atoms in total. The van der Waals surface area contributed by atoms with E-state index in [0.717, 1.165) is 0 Å². The molecule has 0 unspecified atom stereocenters. The van der Waals surface area contributed by atoms with Crippen molar-refractivity contribution in [1.82, 2.24) is 4.98 Å². The van der Waals surface area contributed by atoms with Crippen LogP contribution < -0.4 is 0 Å². The van der Waals surface area contributed by atoms with E-state index in [1.165, 1.54) is 22.3 Å². The SMILES string of the molecule is CC.CC.Cc1cccc(-c2cncc(C)c2)c1. The van der Waals surface area contributed by atoms with Gasteiger partial charge in [-0.05, 0) is 31.0 Å². The highest BCUT2D eigenvalue weighted by Crippen LogP contribution is 2.19. The van der Waals surface area contributed by atoms with Crippen LogP contribution in [0, 0.1) is 13.8 Å². The Labute approximate surface area is 112 Å². The molecule has 2 aromatic rings. The van der Waals surface area contributed by atoms with E-state index in [2.05, 4.69) is 49.2 Å². The van der Waals surface area contributed by atoms with Crippen LogP contribution in [0.1, 0.15) is 38.8 Å². The van der Waals surface area contributed by atoms with Gasteiger partial charge in [0.25, 0.3) is 0 Å². The summed E-state index contributed by atoms with van der Waals surface area (Å²) in [6.45, 7) is 12.2. The molecule has 98 valence electrons. The van der Waals surface area contributed by atoms with E-state index in [0.29, 0.717) is 0 Å². The van der Waals surface area contributed by atoms with E-state index in [1.54, 1.807) is 0 Å². The van der Waals surface area contributed by atoms with Crippen molar-refractivity contribution in [2.45, 2.75) is 41.5 Å². The minimum atomic E-state index is 1.19. The van der Waals surface area contributed by atoms with Gasteiger partial charge in [0.15, 0.2) is 0 Å². The number of pyridine rings is 1. The van der Waals surface area contributed by atoms with Gasteiger partial charge in [-0.15, -0.1) is 0 Å². The normalized spacial score (nSPS) is 8.56. The highest BCUT2D eigenvalue weighted by atomic mass is 14.6. The first-order valence-corrected chi connectivity index (χ1v) is 6.74. The van der Waals surface area contributed by atoms with Gasteiger partial charge < -0.3 is 0 Å². The second-order valence-electron chi connectivity index (χ2n) is 3.62. The average Bonchev–Trinajstić information content (AvgIpc) is 2.43. The van der Waals surface area contributed by atoms with Gasteiger partial charge in [-0.25, -0.2) is 0 Å². The maximum absolute atomic E-state index is 4.19. The first-order valence-electron chi connectivity index (χ1n) is 6.74. The van der Waals surface area contributed by atoms with Gasteiger partial charge >= 0.3 is 0 Å². The monoisotopic (exact) mass is 243 g/mol. The summed E-state index contributed by atoms with van der Waals surface area (Å²) in [6, 6.07) is 10.6. The van der Waals surface area contributed by atoms with Crippen molar-refractivity contribution in [1.29, 1.82) is 0 Å². The zero-order valence-electron chi connectivity index (χ0n) is 12.5. The second-order valence-corrected chi connectivity index (χ2v) is 3.62.